The van der Waals surface area contributed by atoms with Crippen molar-refractivity contribution in [2.75, 3.05) is 13.2 Å². The monoisotopic (exact) mass is 352 g/mol. The fraction of sp³-hybridized carbons (Fsp3) is 0.294. The number of rotatable bonds is 6. The molecule has 6 heteroatoms. The molecule has 1 heterocycles. The first-order chi connectivity index (χ1) is 11.0. The van der Waals surface area contributed by atoms with E-state index in [1.54, 1.807) is 32.0 Å². The quantitative estimate of drug-likeness (QED) is 0.725. The molecule has 0 amide bonds. The predicted octanol–water partition coefficient (Wildman–Crippen LogP) is 4.35. The van der Waals surface area contributed by atoms with E-state index in [-0.39, 0.29) is 18.4 Å². The number of thiophene rings is 1. The van der Waals surface area contributed by atoms with Crippen molar-refractivity contribution >= 4 is 34.9 Å². The lowest BCUT2D eigenvalue weighted by Gasteiger charge is -2.08. The molecule has 0 aliphatic carbocycles. The first-order valence-corrected chi connectivity index (χ1v) is 8.46. The third kappa shape index (κ3) is 4.56. The maximum atomic E-state index is 11.8. The molecule has 0 spiro atoms. The second-order valence-electron chi connectivity index (χ2n) is 4.67. The van der Waals surface area contributed by atoms with Gasteiger partial charge in [-0.15, -0.1) is 11.3 Å². The van der Waals surface area contributed by atoms with E-state index in [1.807, 2.05) is 12.1 Å². The van der Waals surface area contributed by atoms with Gasteiger partial charge in [0.1, 0.15) is 4.88 Å². The first-order valence-electron chi connectivity index (χ1n) is 7.26. The predicted molar refractivity (Wildman–Crippen MR) is 91.1 cm³/mol. The molecule has 0 saturated carbocycles. The lowest BCUT2D eigenvalue weighted by molar-refractivity contribution is -0.142. The highest BCUT2D eigenvalue weighted by Gasteiger charge is 2.15. The van der Waals surface area contributed by atoms with E-state index >= 15 is 0 Å². The zero-order chi connectivity index (χ0) is 16.8. The van der Waals surface area contributed by atoms with E-state index in [4.69, 9.17) is 21.1 Å². The average molecular weight is 353 g/mol. The minimum absolute atomic E-state index is 0.135. The molecule has 0 atom stereocenters. The molecular weight excluding hydrogens is 336 g/mol. The number of esters is 2. The Hall–Kier alpha value is -1.85. The van der Waals surface area contributed by atoms with Crippen LogP contribution in [0.5, 0.6) is 0 Å². The standard InChI is InChI=1S/C17H17ClO4S/c1-3-21-16(19)10-11-9-12(18)5-6-13(11)14-7-8-15(23-14)17(20)22-4-2/h5-9H,3-4,10H2,1-2H3. The molecule has 2 rings (SSSR count). The van der Waals surface area contributed by atoms with Crippen LogP contribution >= 0.6 is 22.9 Å². The van der Waals surface area contributed by atoms with Gasteiger partial charge in [0.25, 0.3) is 0 Å². The molecule has 0 aliphatic rings. The van der Waals surface area contributed by atoms with E-state index in [0.717, 1.165) is 16.0 Å². The zero-order valence-corrected chi connectivity index (χ0v) is 14.5. The van der Waals surface area contributed by atoms with Crippen LogP contribution in [0.25, 0.3) is 10.4 Å². The van der Waals surface area contributed by atoms with Gasteiger partial charge in [-0.3, -0.25) is 4.79 Å². The molecule has 0 bridgehead atoms. The second kappa shape index (κ2) is 8.13. The normalized spacial score (nSPS) is 10.4. The number of benzene rings is 1. The van der Waals surface area contributed by atoms with Crippen LogP contribution in [-0.2, 0) is 20.7 Å². The van der Waals surface area contributed by atoms with E-state index in [1.165, 1.54) is 11.3 Å². The largest absolute Gasteiger partial charge is 0.466 e. The van der Waals surface area contributed by atoms with Crippen LogP contribution in [0.15, 0.2) is 30.3 Å². The van der Waals surface area contributed by atoms with Gasteiger partial charge in [0.2, 0.25) is 0 Å². The second-order valence-corrected chi connectivity index (χ2v) is 6.19. The Labute approximate surface area is 144 Å². The summed E-state index contributed by atoms with van der Waals surface area (Å²) in [5.41, 5.74) is 1.64. The van der Waals surface area contributed by atoms with Crippen LogP contribution < -0.4 is 0 Å². The number of halogens is 1. The molecule has 122 valence electrons. The smallest absolute Gasteiger partial charge is 0.348 e. The van der Waals surface area contributed by atoms with Crippen LogP contribution in [0, 0.1) is 0 Å². The van der Waals surface area contributed by atoms with Gasteiger partial charge in [-0.05, 0) is 49.2 Å². The summed E-state index contributed by atoms with van der Waals surface area (Å²) in [6.07, 6.45) is 0.135. The molecule has 4 nitrogen and oxygen atoms in total. The number of carbonyl (C=O) groups excluding carboxylic acids is 2. The molecule has 1 aromatic heterocycles. The van der Waals surface area contributed by atoms with Crippen molar-refractivity contribution < 1.29 is 19.1 Å². The van der Waals surface area contributed by atoms with Crippen molar-refractivity contribution in [1.29, 1.82) is 0 Å². The lowest BCUT2D eigenvalue weighted by atomic mass is 10.0. The van der Waals surface area contributed by atoms with Gasteiger partial charge >= 0.3 is 11.9 Å². The molecule has 0 N–H and O–H groups in total. The maximum absolute atomic E-state index is 11.8. The fourth-order valence-corrected chi connectivity index (χ4v) is 3.27. The van der Waals surface area contributed by atoms with Gasteiger partial charge in [0.15, 0.2) is 0 Å². The van der Waals surface area contributed by atoms with Crippen LogP contribution in [-0.4, -0.2) is 25.2 Å². The summed E-state index contributed by atoms with van der Waals surface area (Å²) < 4.78 is 10.00. The Balaban J connectivity index is 2.32. The Morgan fingerprint density at radius 3 is 2.52 bits per heavy atom. The molecule has 2 aromatic rings. The van der Waals surface area contributed by atoms with Crippen LogP contribution in [0.2, 0.25) is 5.02 Å². The minimum Gasteiger partial charge on any atom is -0.466 e. The third-order valence-corrected chi connectivity index (χ3v) is 4.39. The highest BCUT2D eigenvalue weighted by Crippen LogP contribution is 2.33. The van der Waals surface area contributed by atoms with E-state index in [9.17, 15) is 9.59 Å². The van der Waals surface area contributed by atoms with Gasteiger partial charge < -0.3 is 9.47 Å². The summed E-state index contributed by atoms with van der Waals surface area (Å²) in [5.74, 6) is -0.650. The molecule has 0 radical (unpaired) electrons. The van der Waals surface area contributed by atoms with Gasteiger partial charge in [0, 0.05) is 9.90 Å². The maximum Gasteiger partial charge on any atom is 0.348 e. The number of ether oxygens (including phenoxy) is 2. The van der Waals surface area contributed by atoms with E-state index in [2.05, 4.69) is 0 Å². The first kappa shape index (κ1) is 17.5. The molecular formula is C17H17ClO4S. The fourth-order valence-electron chi connectivity index (χ4n) is 2.11. The Morgan fingerprint density at radius 2 is 1.83 bits per heavy atom. The average Bonchev–Trinajstić information content (AvgIpc) is 2.97. The molecule has 0 fully saturated rings. The zero-order valence-electron chi connectivity index (χ0n) is 12.9. The summed E-state index contributed by atoms with van der Waals surface area (Å²) in [6.45, 7) is 4.20. The molecule has 0 saturated heterocycles. The number of hydrogen-bond acceptors (Lipinski definition) is 5. The van der Waals surface area contributed by atoms with Gasteiger partial charge in [-0.2, -0.15) is 0 Å². The van der Waals surface area contributed by atoms with Gasteiger partial charge in [-0.1, -0.05) is 17.7 Å². The highest BCUT2D eigenvalue weighted by atomic mass is 35.5. The van der Waals surface area contributed by atoms with Crippen molar-refractivity contribution in [2.24, 2.45) is 0 Å². The van der Waals surface area contributed by atoms with Crippen molar-refractivity contribution in [3.63, 3.8) is 0 Å². The molecule has 0 unspecified atom stereocenters. The van der Waals surface area contributed by atoms with Crippen molar-refractivity contribution in [3.8, 4) is 10.4 Å². The number of carbonyl (C=O) groups is 2. The summed E-state index contributed by atoms with van der Waals surface area (Å²) in [7, 11) is 0. The van der Waals surface area contributed by atoms with Crippen molar-refractivity contribution in [1.82, 2.24) is 0 Å². The minimum atomic E-state index is -0.343. The van der Waals surface area contributed by atoms with Gasteiger partial charge in [0.05, 0.1) is 19.6 Å². The van der Waals surface area contributed by atoms with Gasteiger partial charge in [-0.25, -0.2) is 4.79 Å². The Kier molecular flexibility index (Phi) is 6.19. The molecule has 0 aliphatic heterocycles. The van der Waals surface area contributed by atoms with Crippen LogP contribution in [0.1, 0.15) is 29.1 Å². The topological polar surface area (TPSA) is 52.6 Å². The summed E-state index contributed by atoms with van der Waals surface area (Å²) in [5, 5.41) is 0.551. The van der Waals surface area contributed by atoms with E-state index < -0.39 is 0 Å². The molecule has 23 heavy (non-hydrogen) atoms. The van der Waals surface area contributed by atoms with Crippen LogP contribution in [0.4, 0.5) is 0 Å². The molecule has 1 aromatic carbocycles. The van der Waals surface area contributed by atoms with E-state index in [0.29, 0.717) is 23.1 Å². The summed E-state index contributed by atoms with van der Waals surface area (Å²) in [6, 6.07) is 8.92. The van der Waals surface area contributed by atoms with Crippen molar-refractivity contribution in [2.45, 2.75) is 20.3 Å². The Bertz CT molecular complexity index is 708. The lowest BCUT2D eigenvalue weighted by Crippen LogP contribution is -2.08. The summed E-state index contributed by atoms with van der Waals surface area (Å²) >= 11 is 7.36. The van der Waals surface area contributed by atoms with Crippen LogP contribution in [0.3, 0.4) is 0 Å². The number of hydrogen-bond donors (Lipinski definition) is 0. The highest BCUT2D eigenvalue weighted by molar-refractivity contribution is 7.17. The third-order valence-electron chi connectivity index (χ3n) is 3.06. The Morgan fingerprint density at radius 1 is 1.09 bits per heavy atom. The van der Waals surface area contributed by atoms with Crippen molar-refractivity contribution in [3.05, 3.63) is 45.8 Å². The summed E-state index contributed by atoms with van der Waals surface area (Å²) in [4.78, 5) is 25.0. The SMILES string of the molecule is CCOC(=O)Cc1cc(Cl)ccc1-c1ccc(C(=O)OCC)s1.